The minimum atomic E-state index is -2.88. The van der Waals surface area contributed by atoms with Crippen molar-refractivity contribution in [2.75, 3.05) is 12.4 Å². The first-order valence-corrected chi connectivity index (χ1v) is 7.51. The van der Waals surface area contributed by atoms with E-state index in [0.717, 1.165) is 11.3 Å². The van der Waals surface area contributed by atoms with Gasteiger partial charge in [0, 0.05) is 6.08 Å². The average molecular weight is 353 g/mol. The van der Waals surface area contributed by atoms with Crippen molar-refractivity contribution in [3.63, 3.8) is 0 Å². The molecule has 0 aliphatic heterocycles. The summed E-state index contributed by atoms with van der Waals surface area (Å²) in [5, 5.41) is 3.12. The number of benzene rings is 1. The van der Waals surface area contributed by atoms with Crippen LogP contribution in [0.2, 0.25) is 0 Å². The zero-order valence-electron chi connectivity index (χ0n) is 12.5. The van der Waals surface area contributed by atoms with Crippen LogP contribution in [-0.4, -0.2) is 25.6 Å². The molecule has 24 heavy (non-hydrogen) atoms. The van der Waals surface area contributed by atoms with E-state index < -0.39 is 12.6 Å². The number of alkyl halides is 2. The van der Waals surface area contributed by atoms with Gasteiger partial charge in [-0.15, -0.1) is 11.3 Å². The normalized spacial score (nSPS) is 10.8. The van der Waals surface area contributed by atoms with Gasteiger partial charge in [-0.2, -0.15) is 8.78 Å². The second-order valence-electron chi connectivity index (χ2n) is 4.43. The lowest BCUT2D eigenvalue weighted by atomic mass is 10.2. The second-order valence-corrected chi connectivity index (χ2v) is 5.51. The molecule has 0 radical (unpaired) electrons. The minimum absolute atomic E-state index is 0.0422. The van der Waals surface area contributed by atoms with Crippen LogP contribution in [0.4, 0.5) is 13.8 Å². The summed E-state index contributed by atoms with van der Waals surface area (Å²) in [6.45, 7) is -2.88. The van der Waals surface area contributed by atoms with Gasteiger partial charge in [-0.1, -0.05) is 12.1 Å². The third-order valence-electron chi connectivity index (χ3n) is 2.77. The number of hydrogen-bond donors (Lipinski definition) is 1. The third kappa shape index (κ3) is 5.17. The molecule has 0 atom stereocenters. The maximum absolute atomic E-state index is 12.0. The van der Waals surface area contributed by atoms with Gasteiger partial charge in [-0.05, 0) is 35.9 Å². The van der Waals surface area contributed by atoms with Crippen molar-refractivity contribution >= 4 is 34.3 Å². The van der Waals surface area contributed by atoms with Crippen LogP contribution in [0.1, 0.15) is 15.2 Å². The summed E-state index contributed by atoms with van der Waals surface area (Å²) >= 11 is 1.10. The van der Waals surface area contributed by atoms with E-state index in [1.165, 1.54) is 31.4 Å². The van der Waals surface area contributed by atoms with Gasteiger partial charge >= 0.3 is 12.6 Å². The molecule has 0 spiro atoms. The molecule has 5 nitrogen and oxygen atoms in total. The number of anilines is 1. The van der Waals surface area contributed by atoms with Crippen molar-refractivity contribution in [1.29, 1.82) is 0 Å². The molecule has 2 aromatic rings. The van der Waals surface area contributed by atoms with E-state index in [-0.39, 0.29) is 11.7 Å². The highest BCUT2D eigenvalue weighted by atomic mass is 32.1. The molecule has 1 N–H and O–H groups in total. The maximum Gasteiger partial charge on any atom is 0.387 e. The lowest BCUT2D eigenvalue weighted by Gasteiger charge is -2.03. The largest absolute Gasteiger partial charge is 0.465 e. The van der Waals surface area contributed by atoms with Gasteiger partial charge in [-0.3, -0.25) is 4.79 Å². The van der Waals surface area contributed by atoms with Crippen molar-refractivity contribution in [3.8, 4) is 5.75 Å². The van der Waals surface area contributed by atoms with Crippen LogP contribution < -0.4 is 10.1 Å². The van der Waals surface area contributed by atoms with E-state index in [0.29, 0.717) is 15.4 Å². The Morgan fingerprint density at radius 2 is 1.88 bits per heavy atom. The fourth-order valence-electron chi connectivity index (χ4n) is 1.71. The number of methoxy groups -OCH3 is 1. The fraction of sp³-hybridized carbons (Fsp3) is 0.125. The molecule has 1 amide bonds. The Morgan fingerprint density at radius 3 is 2.50 bits per heavy atom. The Labute approximate surface area is 140 Å². The topological polar surface area (TPSA) is 64.6 Å². The quantitative estimate of drug-likeness (QED) is 0.634. The first kappa shape index (κ1) is 17.6. The van der Waals surface area contributed by atoms with Crippen molar-refractivity contribution in [2.45, 2.75) is 6.61 Å². The van der Waals surface area contributed by atoms with Gasteiger partial charge in [0.05, 0.1) is 12.1 Å². The highest BCUT2D eigenvalue weighted by Gasteiger charge is 2.09. The SMILES string of the molecule is COC(=O)c1ccc(NC(=O)C=Cc2ccc(OC(F)F)cc2)s1. The Balaban J connectivity index is 1.92. The van der Waals surface area contributed by atoms with Crippen LogP contribution >= 0.6 is 11.3 Å². The molecule has 1 heterocycles. The van der Waals surface area contributed by atoms with Crippen LogP contribution in [0.25, 0.3) is 6.08 Å². The molecule has 126 valence electrons. The molecule has 0 unspecified atom stereocenters. The molecule has 0 aliphatic carbocycles. The van der Waals surface area contributed by atoms with Crippen molar-refractivity contribution in [3.05, 3.63) is 52.9 Å². The molecule has 0 saturated carbocycles. The summed E-state index contributed by atoms with van der Waals surface area (Å²) in [7, 11) is 1.28. The number of hydrogen-bond acceptors (Lipinski definition) is 5. The smallest absolute Gasteiger partial charge is 0.387 e. The van der Waals surface area contributed by atoms with Gasteiger partial charge in [0.25, 0.3) is 0 Å². The molecule has 0 aliphatic rings. The molecule has 8 heteroatoms. The summed E-state index contributed by atoms with van der Waals surface area (Å²) in [4.78, 5) is 23.5. The number of rotatable bonds is 6. The Morgan fingerprint density at radius 1 is 1.17 bits per heavy atom. The van der Waals surface area contributed by atoms with Crippen LogP contribution in [0, 0.1) is 0 Å². The minimum Gasteiger partial charge on any atom is -0.465 e. The van der Waals surface area contributed by atoms with E-state index >= 15 is 0 Å². The maximum atomic E-state index is 12.0. The molecule has 0 bridgehead atoms. The monoisotopic (exact) mass is 353 g/mol. The molecule has 0 fully saturated rings. The van der Waals surface area contributed by atoms with E-state index in [2.05, 4.69) is 14.8 Å². The number of halogens is 2. The van der Waals surface area contributed by atoms with E-state index in [1.807, 2.05) is 0 Å². The molecular weight excluding hydrogens is 340 g/mol. The van der Waals surface area contributed by atoms with Crippen molar-refractivity contribution < 1.29 is 27.8 Å². The lowest BCUT2D eigenvalue weighted by Crippen LogP contribution is -2.06. The van der Waals surface area contributed by atoms with Crippen LogP contribution in [-0.2, 0) is 9.53 Å². The van der Waals surface area contributed by atoms with Gasteiger partial charge < -0.3 is 14.8 Å². The predicted molar refractivity (Wildman–Crippen MR) is 86.4 cm³/mol. The molecule has 1 aromatic heterocycles. The summed E-state index contributed by atoms with van der Waals surface area (Å²) in [5.41, 5.74) is 0.646. The van der Waals surface area contributed by atoms with Gasteiger partial charge in [0.2, 0.25) is 5.91 Å². The molecule has 0 saturated heterocycles. The summed E-state index contributed by atoms with van der Waals surface area (Å²) in [5.74, 6) is -0.816. The second kappa shape index (κ2) is 8.21. The Bertz CT molecular complexity index is 741. The standard InChI is InChI=1S/C16H13F2NO4S/c1-22-15(21)12-7-9-14(24-12)19-13(20)8-4-10-2-5-11(6-3-10)23-16(17)18/h2-9,16H,1H3,(H,19,20). The lowest BCUT2D eigenvalue weighted by molar-refractivity contribution is -0.111. The number of carbonyl (C=O) groups excluding carboxylic acids is 2. The highest BCUT2D eigenvalue weighted by Crippen LogP contribution is 2.22. The van der Waals surface area contributed by atoms with Gasteiger partial charge in [0.1, 0.15) is 10.6 Å². The Hall–Kier alpha value is -2.74. The number of nitrogens with one attached hydrogen (secondary N) is 1. The number of esters is 1. The predicted octanol–water partition coefficient (Wildman–Crippen LogP) is 3.79. The summed E-state index contributed by atoms with van der Waals surface area (Å²) < 4.78 is 32.9. The van der Waals surface area contributed by atoms with E-state index in [9.17, 15) is 18.4 Å². The highest BCUT2D eigenvalue weighted by molar-refractivity contribution is 7.18. The Kier molecular flexibility index (Phi) is 6.02. The first-order chi connectivity index (χ1) is 11.5. The van der Waals surface area contributed by atoms with Crippen LogP contribution in [0.5, 0.6) is 5.75 Å². The first-order valence-electron chi connectivity index (χ1n) is 6.70. The average Bonchev–Trinajstić information content (AvgIpc) is 3.01. The van der Waals surface area contributed by atoms with Gasteiger partial charge in [0.15, 0.2) is 0 Å². The van der Waals surface area contributed by atoms with Gasteiger partial charge in [-0.25, -0.2) is 4.79 Å². The van der Waals surface area contributed by atoms with Crippen molar-refractivity contribution in [1.82, 2.24) is 0 Å². The third-order valence-corrected chi connectivity index (χ3v) is 3.75. The molecule has 1 aromatic carbocycles. The van der Waals surface area contributed by atoms with Crippen molar-refractivity contribution in [2.24, 2.45) is 0 Å². The zero-order chi connectivity index (χ0) is 17.5. The molecular formula is C16H13F2NO4S. The summed E-state index contributed by atoms with van der Waals surface area (Å²) in [6, 6.07) is 9.00. The number of thiophene rings is 1. The van der Waals surface area contributed by atoms with E-state index in [4.69, 9.17) is 0 Å². The number of ether oxygens (including phenoxy) is 2. The number of carbonyl (C=O) groups is 2. The van der Waals surface area contributed by atoms with Crippen LogP contribution in [0.3, 0.4) is 0 Å². The summed E-state index contributed by atoms with van der Waals surface area (Å²) in [6.07, 6.45) is 2.82. The number of amides is 1. The zero-order valence-corrected chi connectivity index (χ0v) is 13.3. The molecule has 2 rings (SSSR count). The fourth-order valence-corrected chi connectivity index (χ4v) is 2.54. The van der Waals surface area contributed by atoms with E-state index in [1.54, 1.807) is 24.3 Å². The van der Waals surface area contributed by atoms with Crippen LogP contribution in [0.15, 0.2) is 42.5 Å².